The van der Waals surface area contributed by atoms with Gasteiger partial charge in [0, 0.05) is 13.0 Å². The first-order valence-corrected chi connectivity index (χ1v) is 14.6. The number of esters is 1. The lowest BCUT2D eigenvalue weighted by atomic mass is 9.98. The maximum atomic E-state index is 12.2. The van der Waals surface area contributed by atoms with Gasteiger partial charge in [-0.15, -0.1) is 0 Å². The van der Waals surface area contributed by atoms with E-state index < -0.39 is 67.4 Å². The number of fused-ring (bicyclic) bond motifs is 4. The van der Waals surface area contributed by atoms with Crippen LogP contribution in [0.4, 0.5) is 0 Å². The molecule has 12 heteroatoms. The first-order valence-electron chi connectivity index (χ1n) is 14.6. The Morgan fingerprint density at radius 1 is 0.487 bits per heavy atom. The topological polar surface area (TPSA) is 185 Å². The molecule has 0 aliphatic carbocycles. The molecular weight excluding hydrogens is 516 g/mol. The SMILES string of the molecule is O=C1CCCCCCCCCCCCCCO[C@@H]2O[C@H](CO[C@H]3O[C@H](CO1)[C@H](O)[C@H](O)[C@H]3O)[C@@H](O)[C@H](O)[C@H]2O. The van der Waals surface area contributed by atoms with Crippen LogP contribution in [-0.2, 0) is 28.5 Å². The maximum Gasteiger partial charge on any atom is 0.305 e. The van der Waals surface area contributed by atoms with Crippen LogP contribution in [0.3, 0.4) is 0 Å². The molecule has 228 valence electrons. The zero-order valence-electron chi connectivity index (χ0n) is 22.7. The lowest BCUT2D eigenvalue weighted by molar-refractivity contribution is -0.331. The highest BCUT2D eigenvalue weighted by atomic mass is 16.7. The van der Waals surface area contributed by atoms with Gasteiger partial charge in [0.2, 0.25) is 0 Å². The highest BCUT2D eigenvalue weighted by molar-refractivity contribution is 5.69. The van der Waals surface area contributed by atoms with E-state index in [-0.39, 0.29) is 19.6 Å². The van der Waals surface area contributed by atoms with Crippen molar-refractivity contribution in [3.8, 4) is 0 Å². The third kappa shape index (κ3) is 10.1. The largest absolute Gasteiger partial charge is 0.463 e. The van der Waals surface area contributed by atoms with Gasteiger partial charge in [-0.2, -0.15) is 0 Å². The Labute approximate surface area is 230 Å². The maximum absolute atomic E-state index is 12.2. The molecule has 0 radical (unpaired) electrons. The Bertz CT molecular complexity index is 696. The summed E-state index contributed by atoms with van der Waals surface area (Å²) in [6.45, 7) is -0.415. The Morgan fingerprint density at radius 3 is 1.46 bits per heavy atom. The molecule has 0 spiro atoms. The quantitative estimate of drug-likeness (QED) is 0.221. The van der Waals surface area contributed by atoms with E-state index in [4.69, 9.17) is 23.7 Å². The van der Waals surface area contributed by atoms with E-state index in [1.54, 1.807) is 0 Å². The third-order valence-corrected chi connectivity index (χ3v) is 7.73. The van der Waals surface area contributed by atoms with Crippen molar-refractivity contribution >= 4 is 5.97 Å². The zero-order valence-corrected chi connectivity index (χ0v) is 22.7. The summed E-state index contributed by atoms with van der Waals surface area (Å²) in [7, 11) is 0. The van der Waals surface area contributed by atoms with Crippen LogP contribution in [0, 0.1) is 0 Å². The fourth-order valence-electron chi connectivity index (χ4n) is 5.16. The van der Waals surface area contributed by atoms with Crippen LogP contribution >= 0.6 is 0 Å². The fourth-order valence-corrected chi connectivity index (χ4v) is 5.16. The van der Waals surface area contributed by atoms with Crippen molar-refractivity contribution in [1.82, 2.24) is 0 Å². The van der Waals surface area contributed by atoms with Crippen LogP contribution in [0.1, 0.15) is 83.5 Å². The molecule has 3 fully saturated rings. The summed E-state index contributed by atoms with van der Waals surface area (Å²) in [5.74, 6) is -0.442. The molecule has 0 aromatic heterocycles. The van der Waals surface area contributed by atoms with Gasteiger partial charge < -0.3 is 54.3 Å². The predicted octanol–water partition coefficient (Wildman–Crippen LogP) is 0.263. The van der Waals surface area contributed by atoms with E-state index in [0.717, 1.165) is 44.9 Å². The van der Waals surface area contributed by atoms with Gasteiger partial charge >= 0.3 is 5.97 Å². The Morgan fingerprint density at radius 2 is 0.923 bits per heavy atom. The molecular formula is C27H48O12. The number of rotatable bonds is 0. The van der Waals surface area contributed by atoms with Gasteiger partial charge in [-0.25, -0.2) is 0 Å². The normalized spacial score (nSPS) is 41.8. The second-order valence-electron chi connectivity index (χ2n) is 10.9. The summed E-state index contributed by atoms with van der Waals surface area (Å²) in [4.78, 5) is 12.2. The molecule has 39 heavy (non-hydrogen) atoms. The number of aliphatic hydroxyl groups excluding tert-OH is 6. The van der Waals surface area contributed by atoms with Crippen molar-refractivity contribution in [3.05, 3.63) is 0 Å². The van der Waals surface area contributed by atoms with Crippen LogP contribution in [0.15, 0.2) is 0 Å². The Kier molecular flexibility index (Phi) is 14.3. The van der Waals surface area contributed by atoms with Gasteiger partial charge in [0.25, 0.3) is 0 Å². The number of hydrogen-bond acceptors (Lipinski definition) is 12. The average Bonchev–Trinajstić information content (AvgIpc) is 2.92. The molecule has 4 bridgehead atoms. The summed E-state index contributed by atoms with van der Waals surface area (Å²) in [5.41, 5.74) is 0. The van der Waals surface area contributed by atoms with Crippen LogP contribution < -0.4 is 0 Å². The molecule has 0 unspecified atom stereocenters. The fraction of sp³-hybridized carbons (Fsp3) is 0.963. The van der Waals surface area contributed by atoms with Crippen LogP contribution in [0.2, 0.25) is 0 Å². The smallest absolute Gasteiger partial charge is 0.305 e. The second-order valence-corrected chi connectivity index (χ2v) is 10.9. The van der Waals surface area contributed by atoms with Gasteiger partial charge in [-0.05, 0) is 12.8 Å². The van der Waals surface area contributed by atoms with E-state index in [2.05, 4.69) is 0 Å². The summed E-state index contributed by atoms with van der Waals surface area (Å²) in [5, 5.41) is 62.0. The van der Waals surface area contributed by atoms with Crippen LogP contribution in [0.5, 0.6) is 0 Å². The molecule has 0 amide bonds. The lowest BCUT2D eigenvalue weighted by Crippen LogP contribution is -2.61. The standard InChI is InChI=1S/C27H48O12/c28-19-13-11-9-7-5-3-1-2-4-6-8-10-12-14-35-26-24(33)22(31)21(30)18(38-26)16-37-27-25(34)23(32)20(29)17(39-27)15-36-19/h17-18,20-27,29-34H,1-16H2/t17-,18-,20+,21-,22+,23+,24-,25-,26-,27+/m1/s1. The van der Waals surface area contributed by atoms with Gasteiger partial charge in [-0.1, -0.05) is 64.2 Å². The van der Waals surface area contributed by atoms with Crippen molar-refractivity contribution < 1.29 is 59.1 Å². The van der Waals surface area contributed by atoms with E-state index in [0.29, 0.717) is 13.0 Å². The first kappa shape index (κ1) is 32.6. The van der Waals surface area contributed by atoms with Gasteiger partial charge in [0.1, 0.15) is 55.4 Å². The van der Waals surface area contributed by atoms with Crippen molar-refractivity contribution in [2.24, 2.45) is 0 Å². The number of cyclic esters (lactones) is 1. The van der Waals surface area contributed by atoms with Crippen molar-refractivity contribution in [2.45, 2.75) is 145 Å². The molecule has 0 aromatic rings. The van der Waals surface area contributed by atoms with Crippen molar-refractivity contribution in [2.75, 3.05) is 19.8 Å². The molecule has 3 heterocycles. The summed E-state index contributed by atoms with van der Waals surface area (Å²) in [6, 6.07) is 0. The van der Waals surface area contributed by atoms with Crippen molar-refractivity contribution in [1.29, 1.82) is 0 Å². The first-order chi connectivity index (χ1) is 18.8. The van der Waals surface area contributed by atoms with Crippen LogP contribution in [0.25, 0.3) is 0 Å². The molecule has 12 nitrogen and oxygen atoms in total. The summed E-state index contributed by atoms with van der Waals surface area (Å²) >= 11 is 0. The lowest BCUT2D eigenvalue weighted by Gasteiger charge is -2.42. The van der Waals surface area contributed by atoms with E-state index in [1.807, 2.05) is 0 Å². The van der Waals surface area contributed by atoms with Crippen LogP contribution in [-0.4, -0.2) is 118 Å². The number of aliphatic hydroxyl groups is 6. The Balaban J connectivity index is 1.59. The van der Waals surface area contributed by atoms with E-state index in [9.17, 15) is 35.4 Å². The number of carbonyl (C=O) groups is 1. The molecule has 0 aromatic carbocycles. The minimum Gasteiger partial charge on any atom is -0.463 e. The number of hydrogen-bond donors (Lipinski definition) is 6. The van der Waals surface area contributed by atoms with Gasteiger partial charge in [0.15, 0.2) is 12.6 Å². The predicted molar refractivity (Wildman–Crippen MR) is 136 cm³/mol. The number of carbonyl (C=O) groups excluding carboxylic acids is 1. The highest BCUT2D eigenvalue weighted by Gasteiger charge is 2.47. The van der Waals surface area contributed by atoms with E-state index >= 15 is 0 Å². The summed E-state index contributed by atoms with van der Waals surface area (Å²) < 4.78 is 27.7. The van der Waals surface area contributed by atoms with Crippen molar-refractivity contribution in [3.63, 3.8) is 0 Å². The molecule has 6 N–H and O–H groups in total. The molecule has 3 aliphatic heterocycles. The van der Waals surface area contributed by atoms with E-state index in [1.165, 1.54) is 25.7 Å². The molecule has 10 atom stereocenters. The molecule has 3 saturated heterocycles. The summed E-state index contributed by atoms with van der Waals surface area (Å²) in [6.07, 6.45) is -1.44. The Hall–Kier alpha value is -0.930. The third-order valence-electron chi connectivity index (χ3n) is 7.73. The van der Waals surface area contributed by atoms with Gasteiger partial charge in [-0.3, -0.25) is 4.79 Å². The zero-order chi connectivity index (χ0) is 28.2. The molecule has 3 rings (SSSR count). The molecule has 0 saturated carbocycles. The monoisotopic (exact) mass is 564 g/mol. The second kappa shape index (κ2) is 17.1. The molecule has 3 aliphatic rings. The minimum absolute atomic E-state index is 0.238. The highest BCUT2D eigenvalue weighted by Crippen LogP contribution is 2.26. The number of ether oxygens (including phenoxy) is 5. The van der Waals surface area contributed by atoms with Gasteiger partial charge in [0.05, 0.1) is 6.61 Å². The average molecular weight is 565 g/mol. The minimum atomic E-state index is -1.64.